The number of amides is 2. The zero-order valence-electron chi connectivity index (χ0n) is 9.60. The molecule has 1 aliphatic rings. The van der Waals surface area contributed by atoms with Crippen LogP contribution in [0.25, 0.3) is 0 Å². The van der Waals surface area contributed by atoms with E-state index in [1.54, 1.807) is 4.90 Å². The molecule has 92 valence electrons. The Hall–Kier alpha value is -1.50. The predicted octanol–water partition coefficient (Wildman–Crippen LogP) is 0.0626. The number of hydrogen-bond donors (Lipinski definition) is 1. The molecule has 0 bridgehead atoms. The zero-order valence-corrected chi connectivity index (χ0v) is 10.4. The Morgan fingerprint density at radius 3 is 3.18 bits per heavy atom. The Morgan fingerprint density at radius 1 is 1.59 bits per heavy atom. The van der Waals surface area contributed by atoms with E-state index in [-0.39, 0.29) is 18.4 Å². The molecule has 0 radical (unpaired) electrons. The van der Waals surface area contributed by atoms with E-state index in [0.29, 0.717) is 30.1 Å². The van der Waals surface area contributed by atoms with Crippen molar-refractivity contribution in [3.63, 3.8) is 0 Å². The fraction of sp³-hybridized carbons (Fsp3) is 0.600. The van der Waals surface area contributed by atoms with E-state index >= 15 is 0 Å². The van der Waals surface area contributed by atoms with Crippen LogP contribution in [0.3, 0.4) is 0 Å². The minimum absolute atomic E-state index is 0.105. The van der Waals surface area contributed by atoms with E-state index in [1.807, 2.05) is 6.92 Å². The maximum absolute atomic E-state index is 12.2. The number of nitrogens with one attached hydrogen (secondary N) is 1. The lowest BCUT2D eigenvalue weighted by molar-refractivity contribution is -0.121. The van der Waals surface area contributed by atoms with Gasteiger partial charge >= 0.3 is 0 Å². The van der Waals surface area contributed by atoms with E-state index in [4.69, 9.17) is 0 Å². The predicted molar refractivity (Wildman–Crippen MR) is 62.8 cm³/mol. The van der Waals surface area contributed by atoms with Crippen molar-refractivity contribution in [1.29, 1.82) is 0 Å². The van der Waals surface area contributed by atoms with Gasteiger partial charge < -0.3 is 10.2 Å². The fourth-order valence-corrected chi connectivity index (χ4v) is 2.44. The highest BCUT2D eigenvalue weighted by molar-refractivity contribution is 7.08. The van der Waals surface area contributed by atoms with Crippen LogP contribution in [0.1, 0.15) is 28.7 Å². The van der Waals surface area contributed by atoms with Gasteiger partial charge in [0.15, 0.2) is 0 Å². The lowest BCUT2D eigenvalue weighted by atomic mass is 10.2. The molecule has 1 saturated heterocycles. The summed E-state index contributed by atoms with van der Waals surface area (Å²) in [4.78, 5) is 25.7. The van der Waals surface area contributed by atoms with E-state index in [9.17, 15) is 9.59 Å². The van der Waals surface area contributed by atoms with Crippen LogP contribution in [0.4, 0.5) is 0 Å². The lowest BCUT2D eigenvalue weighted by Crippen LogP contribution is -2.37. The molecule has 2 amide bonds. The molecule has 17 heavy (non-hydrogen) atoms. The van der Waals surface area contributed by atoms with Crippen LogP contribution in [0, 0.1) is 0 Å². The van der Waals surface area contributed by atoms with Crippen molar-refractivity contribution in [2.45, 2.75) is 19.8 Å². The highest BCUT2D eigenvalue weighted by Crippen LogP contribution is 2.15. The Balaban J connectivity index is 2.16. The Bertz CT molecular complexity index is 432. The van der Waals surface area contributed by atoms with Gasteiger partial charge in [-0.3, -0.25) is 9.59 Å². The third kappa shape index (κ3) is 2.60. The molecule has 1 fully saturated rings. The number of hydrogen-bond acceptors (Lipinski definition) is 5. The third-order valence-corrected chi connectivity index (χ3v) is 3.39. The van der Waals surface area contributed by atoms with Gasteiger partial charge in [0, 0.05) is 13.1 Å². The van der Waals surface area contributed by atoms with Crippen LogP contribution in [0.2, 0.25) is 0 Å². The van der Waals surface area contributed by atoms with E-state index in [0.717, 1.165) is 18.0 Å². The number of aryl methyl sites for hydroxylation is 1. The first-order chi connectivity index (χ1) is 8.22. The van der Waals surface area contributed by atoms with Gasteiger partial charge in [-0.1, -0.05) is 11.4 Å². The Kier molecular flexibility index (Phi) is 3.68. The topological polar surface area (TPSA) is 75.2 Å². The highest BCUT2D eigenvalue weighted by atomic mass is 32.1. The average Bonchev–Trinajstić information content (AvgIpc) is 2.70. The smallest absolute Gasteiger partial charge is 0.267 e. The van der Waals surface area contributed by atoms with E-state index < -0.39 is 0 Å². The first-order valence-corrected chi connectivity index (χ1v) is 6.37. The highest BCUT2D eigenvalue weighted by Gasteiger charge is 2.24. The van der Waals surface area contributed by atoms with Gasteiger partial charge in [0.1, 0.15) is 4.88 Å². The van der Waals surface area contributed by atoms with Crippen molar-refractivity contribution in [3.8, 4) is 0 Å². The average molecular weight is 254 g/mol. The summed E-state index contributed by atoms with van der Waals surface area (Å²) in [6.45, 7) is 3.28. The van der Waals surface area contributed by atoms with Crippen LogP contribution < -0.4 is 5.32 Å². The number of rotatable bonds is 2. The van der Waals surface area contributed by atoms with Crippen LogP contribution in [0.5, 0.6) is 0 Å². The minimum Gasteiger partial charge on any atom is -0.354 e. The molecule has 0 spiro atoms. The van der Waals surface area contributed by atoms with Gasteiger partial charge in [-0.15, -0.1) is 5.10 Å². The zero-order chi connectivity index (χ0) is 12.3. The van der Waals surface area contributed by atoms with Crippen LogP contribution in [-0.4, -0.2) is 45.9 Å². The molecule has 7 heteroatoms. The molecule has 1 aromatic rings. The number of carbonyl (C=O) groups is 2. The first kappa shape index (κ1) is 12.0. The standard InChI is InChI=1S/C10H14N4O2S/c1-2-7-9(17-13-12-7)10(16)14-5-3-4-11-8(15)6-14/h2-6H2,1H3,(H,11,15). The fourth-order valence-electron chi connectivity index (χ4n) is 1.73. The molecular formula is C10H14N4O2S. The number of nitrogens with zero attached hydrogens (tertiary/aromatic N) is 3. The molecule has 2 rings (SSSR count). The second-order valence-electron chi connectivity index (χ2n) is 3.83. The summed E-state index contributed by atoms with van der Waals surface area (Å²) in [6, 6.07) is 0. The molecule has 1 N–H and O–H groups in total. The monoisotopic (exact) mass is 254 g/mol. The summed E-state index contributed by atoms with van der Waals surface area (Å²) in [7, 11) is 0. The van der Waals surface area contributed by atoms with Crippen molar-refractivity contribution >= 4 is 23.3 Å². The molecule has 0 saturated carbocycles. The molecule has 0 atom stereocenters. The van der Waals surface area contributed by atoms with Crippen molar-refractivity contribution < 1.29 is 9.59 Å². The lowest BCUT2D eigenvalue weighted by Gasteiger charge is -2.17. The maximum Gasteiger partial charge on any atom is 0.267 e. The molecule has 2 heterocycles. The summed E-state index contributed by atoms with van der Waals surface area (Å²) in [6.07, 6.45) is 1.46. The second-order valence-corrected chi connectivity index (χ2v) is 4.59. The van der Waals surface area contributed by atoms with Gasteiger partial charge in [-0.05, 0) is 24.4 Å². The Labute approximate surface area is 103 Å². The molecule has 0 aromatic carbocycles. The SMILES string of the molecule is CCc1nnsc1C(=O)N1CCCNC(=O)C1. The largest absolute Gasteiger partial charge is 0.354 e. The summed E-state index contributed by atoms with van der Waals surface area (Å²) in [5, 5.41) is 6.66. The number of aromatic nitrogens is 2. The summed E-state index contributed by atoms with van der Waals surface area (Å²) in [5.41, 5.74) is 0.713. The van der Waals surface area contributed by atoms with Gasteiger partial charge in [-0.25, -0.2) is 0 Å². The normalized spacial score (nSPS) is 16.5. The van der Waals surface area contributed by atoms with Crippen LogP contribution in [0.15, 0.2) is 0 Å². The molecule has 0 aliphatic carbocycles. The quantitative estimate of drug-likeness (QED) is 0.810. The summed E-state index contributed by atoms with van der Waals surface area (Å²) < 4.78 is 3.79. The summed E-state index contributed by atoms with van der Waals surface area (Å²) >= 11 is 1.10. The van der Waals surface area contributed by atoms with Gasteiger partial charge in [-0.2, -0.15) is 0 Å². The maximum atomic E-state index is 12.2. The van der Waals surface area contributed by atoms with Crippen molar-refractivity contribution in [2.24, 2.45) is 0 Å². The molecule has 1 aliphatic heterocycles. The van der Waals surface area contributed by atoms with Crippen molar-refractivity contribution in [3.05, 3.63) is 10.6 Å². The first-order valence-electron chi connectivity index (χ1n) is 5.59. The summed E-state index contributed by atoms with van der Waals surface area (Å²) in [5.74, 6) is -0.236. The van der Waals surface area contributed by atoms with Crippen LogP contribution in [-0.2, 0) is 11.2 Å². The van der Waals surface area contributed by atoms with Crippen molar-refractivity contribution in [1.82, 2.24) is 19.8 Å². The minimum atomic E-state index is -0.131. The van der Waals surface area contributed by atoms with E-state index in [1.165, 1.54) is 0 Å². The molecule has 0 unspecified atom stereocenters. The molecule has 1 aromatic heterocycles. The van der Waals surface area contributed by atoms with Crippen molar-refractivity contribution in [2.75, 3.05) is 19.6 Å². The number of carbonyl (C=O) groups excluding carboxylic acids is 2. The molecule has 6 nitrogen and oxygen atoms in total. The second kappa shape index (κ2) is 5.22. The Morgan fingerprint density at radius 2 is 2.41 bits per heavy atom. The van der Waals surface area contributed by atoms with E-state index in [2.05, 4.69) is 14.9 Å². The third-order valence-electron chi connectivity index (χ3n) is 2.63. The van der Waals surface area contributed by atoms with Gasteiger partial charge in [0.25, 0.3) is 5.91 Å². The van der Waals surface area contributed by atoms with Gasteiger partial charge in [0.05, 0.1) is 12.2 Å². The van der Waals surface area contributed by atoms with Gasteiger partial charge in [0.2, 0.25) is 5.91 Å². The van der Waals surface area contributed by atoms with Crippen LogP contribution >= 0.6 is 11.5 Å². The molecular weight excluding hydrogens is 240 g/mol.